The van der Waals surface area contributed by atoms with E-state index in [0.717, 1.165) is 6.07 Å². The van der Waals surface area contributed by atoms with E-state index in [1.54, 1.807) is 0 Å². The van der Waals surface area contributed by atoms with E-state index in [1.807, 2.05) is 0 Å². The normalized spacial score (nSPS) is 10.5. The third-order valence-electron chi connectivity index (χ3n) is 3.28. The quantitative estimate of drug-likeness (QED) is 0.345. The first-order valence-electron chi connectivity index (χ1n) is 7.14. The third kappa shape index (κ3) is 4.56. The number of hydrogen-bond acceptors (Lipinski definition) is 7. The average molecular weight is 368 g/mol. The van der Waals surface area contributed by atoms with E-state index in [1.165, 1.54) is 37.4 Å². The zero-order valence-electron chi connectivity index (χ0n) is 13.5. The van der Waals surface area contributed by atoms with Gasteiger partial charge in [0.05, 0.1) is 17.6 Å². The lowest BCUT2D eigenvalue weighted by Gasteiger charge is -2.11. The zero-order valence-corrected chi connectivity index (χ0v) is 13.5. The summed E-state index contributed by atoms with van der Waals surface area (Å²) in [6.07, 6.45) is 0. The second-order valence-corrected chi connectivity index (χ2v) is 4.97. The molecule has 0 bridgehead atoms. The SMILES string of the molecule is COc1cc(COC(=O)c2ccc(N)c([N+](=O)[O-])c2)ccc1OC(F)F. The van der Waals surface area contributed by atoms with Crippen molar-refractivity contribution in [2.45, 2.75) is 13.2 Å². The molecule has 26 heavy (non-hydrogen) atoms. The maximum atomic E-state index is 12.3. The minimum absolute atomic E-state index is 0.0435. The van der Waals surface area contributed by atoms with Crippen molar-refractivity contribution >= 4 is 17.3 Å². The zero-order chi connectivity index (χ0) is 19.3. The Labute approximate surface area is 146 Å². The highest BCUT2D eigenvalue weighted by molar-refractivity contribution is 5.91. The largest absolute Gasteiger partial charge is 0.493 e. The van der Waals surface area contributed by atoms with Gasteiger partial charge in [0.2, 0.25) is 0 Å². The van der Waals surface area contributed by atoms with Crippen LogP contribution in [0.5, 0.6) is 11.5 Å². The second-order valence-electron chi connectivity index (χ2n) is 4.97. The number of esters is 1. The number of hydrogen-bond donors (Lipinski definition) is 1. The highest BCUT2D eigenvalue weighted by Gasteiger charge is 2.17. The fraction of sp³-hybridized carbons (Fsp3) is 0.188. The van der Waals surface area contributed by atoms with Gasteiger partial charge in [-0.2, -0.15) is 8.78 Å². The van der Waals surface area contributed by atoms with Crippen molar-refractivity contribution in [3.8, 4) is 11.5 Å². The van der Waals surface area contributed by atoms with Crippen molar-refractivity contribution < 1.29 is 32.7 Å². The van der Waals surface area contributed by atoms with E-state index in [4.69, 9.17) is 15.2 Å². The van der Waals surface area contributed by atoms with E-state index in [0.29, 0.717) is 5.56 Å². The van der Waals surface area contributed by atoms with Gasteiger partial charge in [-0.25, -0.2) is 4.79 Å². The van der Waals surface area contributed by atoms with Gasteiger partial charge in [0.15, 0.2) is 11.5 Å². The average Bonchev–Trinajstić information content (AvgIpc) is 2.60. The van der Waals surface area contributed by atoms with E-state index in [9.17, 15) is 23.7 Å². The number of nitrogens with zero attached hydrogens (tertiary/aromatic N) is 1. The van der Waals surface area contributed by atoms with Crippen molar-refractivity contribution in [2.75, 3.05) is 12.8 Å². The van der Waals surface area contributed by atoms with Gasteiger partial charge >= 0.3 is 12.6 Å². The Bertz CT molecular complexity index is 828. The molecule has 2 aromatic rings. The topological polar surface area (TPSA) is 114 Å². The molecule has 0 aliphatic heterocycles. The van der Waals surface area contributed by atoms with Crippen LogP contribution in [0.3, 0.4) is 0 Å². The smallest absolute Gasteiger partial charge is 0.387 e. The Morgan fingerprint density at radius 1 is 1.23 bits per heavy atom. The van der Waals surface area contributed by atoms with E-state index >= 15 is 0 Å². The molecule has 2 aromatic carbocycles. The predicted octanol–water partition coefficient (Wildman–Crippen LogP) is 3.14. The van der Waals surface area contributed by atoms with Crippen LogP contribution >= 0.6 is 0 Å². The molecule has 0 heterocycles. The summed E-state index contributed by atoms with van der Waals surface area (Å²) in [4.78, 5) is 22.2. The van der Waals surface area contributed by atoms with Crippen LogP contribution in [-0.2, 0) is 11.3 Å². The third-order valence-corrected chi connectivity index (χ3v) is 3.28. The number of nitro groups is 1. The first-order chi connectivity index (χ1) is 12.3. The predicted molar refractivity (Wildman–Crippen MR) is 86.3 cm³/mol. The Morgan fingerprint density at radius 2 is 1.96 bits per heavy atom. The number of nitrogens with two attached hydrogens (primary N) is 1. The molecule has 8 nitrogen and oxygen atoms in total. The molecule has 0 radical (unpaired) electrons. The van der Waals surface area contributed by atoms with Crippen LogP contribution in [0.4, 0.5) is 20.2 Å². The van der Waals surface area contributed by atoms with Crippen LogP contribution < -0.4 is 15.2 Å². The molecule has 0 saturated heterocycles. The molecule has 0 atom stereocenters. The van der Waals surface area contributed by atoms with E-state index in [-0.39, 0.29) is 29.4 Å². The monoisotopic (exact) mass is 368 g/mol. The number of anilines is 1. The van der Waals surface area contributed by atoms with Gasteiger partial charge < -0.3 is 19.9 Å². The van der Waals surface area contributed by atoms with Crippen molar-refractivity contribution in [1.82, 2.24) is 0 Å². The standard InChI is InChI=1S/C16H14F2N2O6/c1-24-14-6-9(2-5-13(14)26-16(17)18)8-25-15(21)10-3-4-11(19)12(7-10)20(22)23/h2-7,16H,8,19H2,1H3. The van der Waals surface area contributed by atoms with Gasteiger partial charge in [0.25, 0.3) is 5.69 Å². The second kappa shape index (κ2) is 8.10. The van der Waals surface area contributed by atoms with Gasteiger partial charge in [0.1, 0.15) is 12.3 Å². The summed E-state index contributed by atoms with van der Waals surface area (Å²) in [5.41, 5.74) is 5.38. The summed E-state index contributed by atoms with van der Waals surface area (Å²) in [5.74, 6) is -0.923. The molecule has 0 aromatic heterocycles. The number of halogens is 2. The lowest BCUT2D eigenvalue weighted by atomic mass is 10.1. The fourth-order valence-corrected chi connectivity index (χ4v) is 2.06. The van der Waals surface area contributed by atoms with Crippen molar-refractivity contribution in [3.05, 3.63) is 57.6 Å². The number of alkyl halides is 2. The minimum Gasteiger partial charge on any atom is -0.493 e. The van der Waals surface area contributed by atoms with E-state index in [2.05, 4.69) is 4.74 Å². The Morgan fingerprint density at radius 3 is 2.58 bits per heavy atom. The molecular weight excluding hydrogens is 354 g/mol. The van der Waals surface area contributed by atoms with Crippen molar-refractivity contribution in [1.29, 1.82) is 0 Å². The number of nitrogen functional groups attached to an aromatic ring is 1. The Hall–Kier alpha value is -3.43. The van der Waals surface area contributed by atoms with Crippen LogP contribution in [0, 0.1) is 10.1 Å². The van der Waals surface area contributed by atoms with Gasteiger partial charge in [-0.1, -0.05) is 6.07 Å². The minimum atomic E-state index is -3.01. The molecule has 138 valence electrons. The number of carbonyl (C=O) groups excluding carboxylic acids is 1. The van der Waals surface area contributed by atoms with Gasteiger partial charge in [-0.15, -0.1) is 0 Å². The highest BCUT2D eigenvalue weighted by Crippen LogP contribution is 2.30. The van der Waals surface area contributed by atoms with Crippen LogP contribution in [-0.4, -0.2) is 24.6 Å². The molecule has 0 amide bonds. The van der Waals surface area contributed by atoms with Gasteiger partial charge in [-0.05, 0) is 29.8 Å². The summed E-state index contributed by atoms with van der Waals surface area (Å²) < 4.78 is 38.9. The van der Waals surface area contributed by atoms with Crippen LogP contribution in [0.1, 0.15) is 15.9 Å². The maximum Gasteiger partial charge on any atom is 0.387 e. The maximum absolute atomic E-state index is 12.3. The van der Waals surface area contributed by atoms with Crippen LogP contribution in [0.2, 0.25) is 0 Å². The lowest BCUT2D eigenvalue weighted by Crippen LogP contribution is -2.07. The Balaban J connectivity index is 2.10. The van der Waals surface area contributed by atoms with Crippen LogP contribution in [0.25, 0.3) is 0 Å². The lowest BCUT2D eigenvalue weighted by molar-refractivity contribution is -0.383. The first-order valence-corrected chi connectivity index (χ1v) is 7.14. The number of rotatable bonds is 7. The summed E-state index contributed by atoms with van der Waals surface area (Å²) in [5, 5.41) is 10.8. The summed E-state index contributed by atoms with van der Waals surface area (Å²) in [7, 11) is 1.27. The van der Waals surface area contributed by atoms with E-state index < -0.39 is 23.2 Å². The molecular formula is C16H14F2N2O6. The van der Waals surface area contributed by atoms with Crippen LogP contribution in [0.15, 0.2) is 36.4 Å². The molecule has 0 spiro atoms. The fourth-order valence-electron chi connectivity index (χ4n) is 2.06. The Kier molecular flexibility index (Phi) is 5.89. The molecule has 0 aliphatic carbocycles. The molecule has 0 fully saturated rings. The summed E-state index contributed by atoms with van der Waals surface area (Å²) in [6, 6.07) is 7.58. The van der Waals surface area contributed by atoms with Crippen molar-refractivity contribution in [2.24, 2.45) is 0 Å². The van der Waals surface area contributed by atoms with Gasteiger partial charge in [0, 0.05) is 6.07 Å². The molecule has 2 rings (SSSR count). The first kappa shape index (κ1) is 18.9. The molecule has 10 heteroatoms. The molecule has 0 saturated carbocycles. The van der Waals surface area contributed by atoms with Gasteiger partial charge in [-0.3, -0.25) is 10.1 Å². The molecule has 0 unspecified atom stereocenters. The van der Waals surface area contributed by atoms with Crippen molar-refractivity contribution in [3.63, 3.8) is 0 Å². The number of ether oxygens (including phenoxy) is 3. The summed E-state index contributed by atoms with van der Waals surface area (Å²) >= 11 is 0. The highest BCUT2D eigenvalue weighted by atomic mass is 19.3. The number of methoxy groups -OCH3 is 1. The number of carbonyl (C=O) groups is 1. The number of benzene rings is 2. The molecule has 2 N–H and O–H groups in total. The summed E-state index contributed by atoms with van der Waals surface area (Å²) in [6.45, 7) is -3.21. The number of nitro benzene ring substituents is 1. The molecule has 0 aliphatic rings.